The lowest BCUT2D eigenvalue weighted by atomic mass is 10.1. The summed E-state index contributed by atoms with van der Waals surface area (Å²) in [5.74, 6) is -0.817. The molecule has 0 amide bonds. The molecule has 1 atom stereocenters. The van der Waals surface area contributed by atoms with Crippen molar-refractivity contribution in [2.45, 2.75) is 19.4 Å². The third-order valence-corrected chi connectivity index (χ3v) is 3.43. The number of nitrogens with one attached hydrogen (secondary N) is 1. The van der Waals surface area contributed by atoms with Crippen LogP contribution in [0.25, 0.3) is 0 Å². The Bertz CT molecular complexity index is 642. The van der Waals surface area contributed by atoms with Crippen LogP contribution in [0.1, 0.15) is 11.1 Å². The Morgan fingerprint density at radius 2 is 2.10 bits per heavy atom. The summed E-state index contributed by atoms with van der Waals surface area (Å²) < 4.78 is 32.4. The fraction of sp³-hybridized carbons (Fsp3) is 0.250. The Labute approximate surface area is 116 Å². The molecule has 4 heteroatoms. The molecule has 2 nitrogen and oxygen atoms in total. The van der Waals surface area contributed by atoms with Crippen LogP contribution in [0.2, 0.25) is 0 Å². The molecule has 1 N–H and O–H groups in total. The van der Waals surface area contributed by atoms with Gasteiger partial charge >= 0.3 is 0 Å². The topological polar surface area (TPSA) is 21.3 Å². The summed E-state index contributed by atoms with van der Waals surface area (Å²) in [5, 5.41) is 2.91. The van der Waals surface area contributed by atoms with Gasteiger partial charge in [0.2, 0.25) is 0 Å². The maximum atomic E-state index is 13.5. The van der Waals surface area contributed by atoms with Crippen molar-refractivity contribution in [3.05, 3.63) is 59.2 Å². The standard InChI is InChI=1S/C16H15F2NO/c1-10-5-6-15-11(7-10)8-12(20-15)9-19-14-4-2-3-13(17)16(14)18/h2-7,12,19H,8-9H2,1H3. The van der Waals surface area contributed by atoms with Gasteiger partial charge in [0.15, 0.2) is 11.6 Å². The summed E-state index contributed by atoms with van der Waals surface area (Å²) in [7, 11) is 0. The molecule has 2 aromatic rings. The quantitative estimate of drug-likeness (QED) is 0.922. The number of aryl methyl sites for hydroxylation is 1. The molecule has 0 spiro atoms. The normalized spacial score (nSPS) is 16.6. The smallest absolute Gasteiger partial charge is 0.181 e. The molecule has 1 heterocycles. The van der Waals surface area contributed by atoms with Gasteiger partial charge in [0.1, 0.15) is 11.9 Å². The summed E-state index contributed by atoms with van der Waals surface area (Å²) >= 11 is 0. The van der Waals surface area contributed by atoms with Gasteiger partial charge in [-0.15, -0.1) is 0 Å². The van der Waals surface area contributed by atoms with Gasteiger partial charge in [-0.2, -0.15) is 0 Å². The van der Waals surface area contributed by atoms with Crippen LogP contribution < -0.4 is 10.1 Å². The molecule has 0 aliphatic carbocycles. The minimum Gasteiger partial charge on any atom is -0.488 e. The van der Waals surface area contributed by atoms with Gasteiger partial charge in [-0.1, -0.05) is 23.8 Å². The molecule has 20 heavy (non-hydrogen) atoms. The van der Waals surface area contributed by atoms with Crippen LogP contribution in [0.5, 0.6) is 5.75 Å². The highest BCUT2D eigenvalue weighted by molar-refractivity contribution is 5.46. The lowest BCUT2D eigenvalue weighted by Gasteiger charge is -2.13. The first kappa shape index (κ1) is 12.9. The van der Waals surface area contributed by atoms with Gasteiger partial charge in [-0.05, 0) is 30.7 Å². The zero-order valence-electron chi connectivity index (χ0n) is 11.1. The van der Waals surface area contributed by atoms with E-state index in [1.807, 2.05) is 19.1 Å². The number of rotatable bonds is 3. The van der Waals surface area contributed by atoms with Gasteiger partial charge in [0.25, 0.3) is 0 Å². The first-order valence-corrected chi connectivity index (χ1v) is 6.57. The zero-order chi connectivity index (χ0) is 14.1. The number of halogens is 2. The van der Waals surface area contributed by atoms with E-state index in [1.165, 1.54) is 17.7 Å². The molecule has 0 radical (unpaired) electrons. The number of hydrogen-bond acceptors (Lipinski definition) is 2. The second-order valence-corrected chi connectivity index (χ2v) is 5.04. The van der Waals surface area contributed by atoms with Crippen molar-refractivity contribution in [3.8, 4) is 5.75 Å². The van der Waals surface area contributed by atoms with Crippen molar-refractivity contribution in [3.63, 3.8) is 0 Å². The van der Waals surface area contributed by atoms with E-state index in [2.05, 4.69) is 11.4 Å². The van der Waals surface area contributed by atoms with Crippen LogP contribution in [-0.4, -0.2) is 12.6 Å². The van der Waals surface area contributed by atoms with Crippen LogP contribution in [0.3, 0.4) is 0 Å². The Kier molecular flexibility index (Phi) is 3.30. The third-order valence-electron chi connectivity index (χ3n) is 3.43. The fourth-order valence-electron chi connectivity index (χ4n) is 2.43. The molecule has 0 fully saturated rings. The van der Waals surface area contributed by atoms with Gasteiger partial charge in [-0.25, -0.2) is 8.78 Å². The highest BCUT2D eigenvalue weighted by Crippen LogP contribution is 2.29. The first-order valence-electron chi connectivity index (χ1n) is 6.57. The van der Waals surface area contributed by atoms with E-state index in [0.29, 0.717) is 6.54 Å². The van der Waals surface area contributed by atoms with Crippen molar-refractivity contribution >= 4 is 5.69 Å². The summed E-state index contributed by atoms with van der Waals surface area (Å²) in [6, 6.07) is 10.1. The highest BCUT2D eigenvalue weighted by Gasteiger charge is 2.22. The molecule has 1 aliphatic heterocycles. The Morgan fingerprint density at radius 3 is 2.95 bits per heavy atom. The van der Waals surface area contributed by atoms with Gasteiger partial charge in [0.05, 0.1) is 12.2 Å². The summed E-state index contributed by atoms with van der Waals surface area (Å²) in [4.78, 5) is 0. The highest BCUT2D eigenvalue weighted by atomic mass is 19.2. The minimum atomic E-state index is -0.848. The van der Waals surface area contributed by atoms with E-state index in [1.54, 1.807) is 0 Å². The molecule has 1 aliphatic rings. The number of anilines is 1. The van der Waals surface area contributed by atoms with E-state index in [9.17, 15) is 8.78 Å². The Morgan fingerprint density at radius 1 is 1.25 bits per heavy atom. The molecular weight excluding hydrogens is 260 g/mol. The zero-order valence-corrected chi connectivity index (χ0v) is 11.1. The Balaban J connectivity index is 1.65. The molecule has 0 bridgehead atoms. The number of fused-ring (bicyclic) bond motifs is 1. The number of benzene rings is 2. The lowest BCUT2D eigenvalue weighted by Crippen LogP contribution is -2.24. The number of ether oxygens (including phenoxy) is 1. The van der Waals surface area contributed by atoms with E-state index in [-0.39, 0.29) is 11.8 Å². The molecular formula is C16H15F2NO. The molecule has 104 valence electrons. The minimum absolute atomic E-state index is 0.0607. The second kappa shape index (κ2) is 5.12. The average molecular weight is 275 g/mol. The van der Waals surface area contributed by atoms with E-state index < -0.39 is 11.6 Å². The summed E-state index contributed by atoms with van der Waals surface area (Å²) in [6.45, 7) is 2.47. The van der Waals surface area contributed by atoms with Crippen molar-refractivity contribution < 1.29 is 13.5 Å². The van der Waals surface area contributed by atoms with Crippen LogP contribution in [0, 0.1) is 18.6 Å². The molecule has 0 saturated heterocycles. The lowest BCUT2D eigenvalue weighted by molar-refractivity contribution is 0.246. The van der Waals surface area contributed by atoms with Crippen LogP contribution in [0.15, 0.2) is 36.4 Å². The maximum absolute atomic E-state index is 13.5. The second-order valence-electron chi connectivity index (χ2n) is 5.04. The molecule has 3 rings (SSSR count). The maximum Gasteiger partial charge on any atom is 0.181 e. The van der Waals surface area contributed by atoms with E-state index in [4.69, 9.17) is 4.74 Å². The first-order chi connectivity index (χ1) is 9.63. The van der Waals surface area contributed by atoms with Crippen LogP contribution in [0.4, 0.5) is 14.5 Å². The average Bonchev–Trinajstić information content (AvgIpc) is 2.82. The van der Waals surface area contributed by atoms with E-state index in [0.717, 1.165) is 23.8 Å². The number of hydrogen-bond donors (Lipinski definition) is 1. The SMILES string of the molecule is Cc1ccc2c(c1)CC(CNc1cccc(F)c1F)O2. The summed E-state index contributed by atoms with van der Waals surface area (Å²) in [5.41, 5.74) is 2.52. The molecule has 2 aromatic carbocycles. The van der Waals surface area contributed by atoms with Crippen LogP contribution in [-0.2, 0) is 6.42 Å². The fourth-order valence-corrected chi connectivity index (χ4v) is 2.43. The summed E-state index contributed by atoms with van der Waals surface area (Å²) in [6.07, 6.45) is 0.718. The predicted molar refractivity (Wildman–Crippen MR) is 74.1 cm³/mol. The van der Waals surface area contributed by atoms with Crippen LogP contribution >= 0.6 is 0 Å². The monoisotopic (exact) mass is 275 g/mol. The van der Waals surface area contributed by atoms with Gasteiger partial charge in [0, 0.05) is 6.42 Å². The van der Waals surface area contributed by atoms with E-state index >= 15 is 0 Å². The van der Waals surface area contributed by atoms with Gasteiger partial charge < -0.3 is 10.1 Å². The van der Waals surface area contributed by atoms with Crippen molar-refractivity contribution in [1.82, 2.24) is 0 Å². The van der Waals surface area contributed by atoms with Crippen molar-refractivity contribution in [2.24, 2.45) is 0 Å². The largest absolute Gasteiger partial charge is 0.488 e. The molecule has 0 aromatic heterocycles. The van der Waals surface area contributed by atoms with Crippen molar-refractivity contribution in [1.29, 1.82) is 0 Å². The third kappa shape index (κ3) is 2.46. The predicted octanol–water partition coefficient (Wildman–Crippen LogP) is 3.69. The Hall–Kier alpha value is -2.10. The van der Waals surface area contributed by atoms with Gasteiger partial charge in [-0.3, -0.25) is 0 Å². The molecule has 0 saturated carbocycles. The van der Waals surface area contributed by atoms with Crippen molar-refractivity contribution in [2.75, 3.05) is 11.9 Å². The molecule has 1 unspecified atom stereocenters.